The minimum absolute atomic E-state index is 0.196. The summed E-state index contributed by atoms with van der Waals surface area (Å²) in [6.07, 6.45) is 6.38. The average molecular weight is 369 g/mol. The van der Waals surface area contributed by atoms with Gasteiger partial charge in [-0.25, -0.2) is 14.8 Å². The van der Waals surface area contributed by atoms with Gasteiger partial charge in [-0.15, -0.1) is 0 Å². The fourth-order valence-corrected chi connectivity index (χ4v) is 2.72. The van der Waals surface area contributed by atoms with Crippen LogP contribution >= 0.6 is 11.6 Å². The van der Waals surface area contributed by atoms with Crippen LogP contribution in [0.1, 0.15) is 6.92 Å². The third-order valence-corrected chi connectivity index (χ3v) is 4.03. The van der Waals surface area contributed by atoms with Crippen molar-refractivity contribution in [1.82, 2.24) is 19.1 Å². The minimum atomic E-state index is -0.288. The fourth-order valence-electron chi connectivity index (χ4n) is 2.51. The lowest BCUT2D eigenvalue weighted by molar-refractivity contribution is 0.428. The van der Waals surface area contributed by atoms with Crippen LogP contribution < -0.4 is 10.4 Å². The van der Waals surface area contributed by atoms with Crippen LogP contribution in [0.15, 0.2) is 72.0 Å². The van der Waals surface area contributed by atoms with E-state index in [2.05, 4.69) is 16.5 Å². The van der Waals surface area contributed by atoms with Gasteiger partial charge in [0.05, 0.1) is 5.70 Å². The van der Waals surface area contributed by atoms with E-state index >= 15 is 0 Å². The predicted molar refractivity (Wildman–Crippen MR) is 103 cm³/mol. The Balaban J connectivity index is 2.04. The van der Waals surface area contributed by atoms with Gasteiger partial charge in [0, 0.05) is 7.05 Å². The summed E-state index contributed by atoms with van der Waals surface area (Å²) >= 11 is 6.19. The number of ether oxygens (including phenoxy) is 1. The van der Waals surface area contributed by atoms with Gasteiger partial charge in [-0.1, -0.05) is 36.4 Å². The number of nitrogens with zero attached hydrogens (tertiary/aromatic N) is 4. The van der Waals surface area contributed by atoms with Crippen LogP contribution in [0.5, 0.6) is 5.75 Å². The monoisotopic (exact) mass is 368 g/mol. The zero-order valence-corrected chi connectivity index (χ0v) is 15.1. The Labute approximate surface area is 155 Å². The van der Waals surface area contributed by atoms with E-state index in [1.165, 1.54) is 15.5 Å². The molecule has 7 heteroatoms. The average Bonchev–Trinajstić information content (AvgIpc) is 2.90. The standard InChI is InChI=1S/C19H17ClN4O2/c1-4-14(11-10-13(2)26-15-8-6-5-7-9-15)24-16-17(20)21-12-22-18(16)23(3)19(24)25/h4-12H,1H2,2-3H3/b13-10+,14-11+. The number of allylic oxidation sites excluding steroid dienone is 5. The molecular weight excluding hydrogens is 352 g/mol. The van der Waals surface area contributed by atoms with Crippen LogP contribution in [-0.2, 0) is 7.05 Å². The quantitative estimate of drug-likeness (QED) is 0.390. The van der Waals surface area contributed by atoms with Gasteiger partial charge < -0.3 is 4.74 Å². The molecule has 0 aliphatic heterocycles. The molecular formula is C19H17ClN4O2. The third-order valence-electron chi connectivity index (χ3n) is 3.76. The van der Waals surface area contributed by atoms with Crippen molar-refractivity contribution in [3.05, 3.63) is 82.9 Å². The van der Waals surface area contributed by atoms with E-state index in [1.807, 2.05) is 37.3 Å². The van der Waals surface area contributed by atoms with E-state index < -0.39 is 0 Å². The van der Waals surface area contributed by atoms with Crippen molar-refractivity contribution >= 4 is 28.5 Å². The number of para-hydroxylation sites is 1. The van der Waals surface area contributed by atoms with E-state index in [1.54, 1.807) is 25.3 Å². The van der Waals surface area contributed by atoms with E-state index in [0.29, 0.717) is 22.6 Å². The summed E-state index contributed by atoms with van der Waals surface area (Å²) in [5, 5.41) is 0.196. The molecule has 2 heterocycles. The van der Waals surface area contributed by atoms with Crippen molar-refractivity contribution in [3.63, 3.8) is 0 Å². The number of halogens is 1. The summed E-state index contributed by atoms with van der Waals surface area (Å²) < 4.78 is 8.57. The van der Waals surface area contributed by atoms with Crippen molar-refractivity contribution in [1.29, 1.82) is 0 Å². The largest absolute Gasteiger partial charge is 0.462 e. The molecule has 0 bridgehead atoms. The van der Waals surface area contributed by atoms with Crippen molar-refractivity contribution in [2.24, 2.45) is 7.05 Å². The molecule has 0 aliphatic carbocycles. The second kappa shape index (κ2) is 7.41. The van der Waals surface area contributed by atoms with E-state index in [0.717, 1.165) is 5.75 Å². The molecule has 0 radical (unpaired) electrons. The fraction of sp³-hybridized carbons (Fsp3) is 0.105. The Morgan fingerprint density at radius 1 is 1.23 bits per heavy atom. The molecule has 0 fully saturated rings. The maximum atomic E-state index is 12.6. The normalized spacial score (nSPS) is 12.4. The molecule has 2 aromatic heterocycles. The molecule has 6 nitrogen and oxygen atoms in total. The summed E-state index contributed by atoms with van der Waals surface area (Å²) in [5.41, 5.74) is 1.13. The first-order chi connectivity index (χ1) is 12.5. The zero-order valence-electron chi connectivity index (χ0n) is 14.4. The molecule has 0 unspecified atom stereocenters. The molecule has 1 aromatic carbocycles. The topological polar surface area (TPSA) is 61.9 Å². The van der Waals surface area contributed by atoms with Crippen molar-refractivity contribution in [3.8, 4) is 5.75 Å². The Morgan fingerprint density at radius 2 is 1.96 bits per heavy atom. The first kappa shape index (κ1) is 17.7. The number of fused-ring (bicyclic) bond motifs is 1. The van der Waals surface area contributed by atoms with Crippen molar-refractivity contribution in [2.75, 3.05) is 0 Å². The molecule has 0 amide bonds. The molecule has 26 heavy (non-hydrogen) atoms. The number of rotatable bonds is 5. The lowest BCUT2D eigenvalue weighted by atomic mass is 10.3. The summed E-state index contributed by atoms with van der Waals surface area (Å²) in [5.74, 6) is 1.39. The first-order valence-corrected chi connectivity index (χ1v) is 8.23. The zero-order chi connectivity index (χ0) is 18.7. The van der Waals surface area contributed by atoms with Gasteiger partial charge in [0.25, 0.3) is 0 Å². The highest BCUT2D eigenvalue weighted by Crippen LogP contribution is 2.21. The van der Waals surface area contributed by atoms with Gasteiger partial charge in [-0.05, 0) is 37.3 Å². The number of aryl methyl sites for hydroxylation is 1. The second-order valence-electron chi connectivity index (χ2n) is 5.50. The molecule has 3 aromatic rings. The van der Waals surface area contributed by atoms with Crippen LogP contribution in [-0.4, -0.2) is 19.1 Å². The third kappa shape index (κ3) is 3.32. The second-order valence-corrected chi connectivity index (χ2v) is 5.86. The Kier molecular flexibility index (Phi) is 5.04. The molecule has 0 saturated heterocycles. The summed E-state index contributed by atoms with van der Waals surface area (Å²) in [7, 11) is 1.63. The minimum Gasteiger partial charge on any atom is -0.462 e. The van der Waals surface area contributed by atoms with E-state index in [-0.39, 0.29) is 10.8 Å². The van der Waals surface area contributed by atoms with Gasteiger partial charge in [-0.3, -0.25) is 9.13 Å². The Bertz CT molecular complexity index is 1080. The van der Waals surface area contributed by atoms with Gasteiger partial charge in [0.1, 0.15) is 23.4 Å². The summed E-state index contributed by atoms with van der Waals surface area (Å²) in [6, 6.07) is 9.43. The maximum Gasteiger partial charge on any atom is 0.334 e. The number of imidazole rings is 1. The summed E-state index contributed by atoms with van der Waals surface area (Å²) in [4.78, 5) is 20.7. The lowest BCUT2D eigenvalue weighted by Crippen LogP contribution is -2.21. The van der Waals surface area contributed by atoms with Crippen LogP contribution in [0.25, 0.3) is 16.9 Å². The Morgan fingerprint density at radius 3 is 2.65 bits per heavy atom. The molecule has 0 N–H and O–H groups in total. The van der Waals surface area contributed by atoms with Crippen molar-refractivity contribution in [2.45, 2.75) is 6.92 Å². The smallest absolute Gasteiger partial charge is 0.334 e. The van der Waals surface area contributed by atoms with E-state index in [9.17, 15) is 4.79 Å². The lowest BCUT2D eigenvalue weighted by Gasteiger charge is -2.06. The van der Waals surface area contributed by atoms with Crippen LogP contribution in [0.2, 0.25) is 5.15 Å². The highest BCUT2D eigenvalue weighted by atomic mass is 35.5. The number of hydrogen-bond acceptors (Lipinski definition) is 4. The molecule has 0 spiro atoms. The van der Waals surface area contributed by atoms with Crippen LogP contribution in [0.3, 0.4) is 0 Å². The maximum absolute atomic E-state index is 12.6. The Hall–Kier alpha value is -3.12. The molecule has 0 atom stereocenters. The summed E-state index contributed by atoms with van der Waals surface area (Å²) in [6.45, 7) is 5.62. The number of benzene rings is 1. The van der Waals surface area contributed by atoms with Gasteiger partial charge in [0.2, 0.25) is 0 Å². The molecule has 0 aliphatic rings. The highest BCUT2D eigenvalue weighted by molar-refractivity contribution is 6.33. The SMILES string of the molecule is C=C/C(=C\C=C(/C)Oc1ccccc1)n1c(=O)n(C)c2ncnc(Cl)c21. The number of hydrogen-bond donors (Lipinski definition) is 0. The molecule has 132 valence electrons. The van der Waals surface area contributed by atoms with Crippen LogP contribution in [0, 0.1) is 0 Å². The van der Waals surface area contributed by atoms with E-state index in [4.69, 9.17) is 16.3 Å². The molecule has 3 rings (SSSR count). The first-order valence-electron chi connectivity index (χ1n) is 7.85. The molecule has 0 saturated carbocycles. The van der Waals surface area contributed by atoms with Gasteiger partial charge in [0.15, 0.2) is 10.8 Å². The number of aromatic nitrogens is 4. The predicted octanol–water partition coefficient (Wildman–Crippen LogP) is 3.79. The van der Waals surface area contributed by atoms with Gasteiger partial charge in [-0.2, -0.15) is 0 Å². The van der Waals surface area contributed by atoms with Crippen molar-refractivity contribution < 1.29 is 4.74 Å². The highest BCUT2D eigenvalue weighted by Gasteiger charge is 2.17. The van der Waals surface area contributed by atoms with Gasteiger partial charge >= 0.3 is 5.69 Å². The van der Waals surface area contributed by atoms with Crippen LogP contribution in [0.4, 0.5) is 0 Å².